The molecule has 1 aliphatic heterocycles. The Morgan fingerprint density at radius 2 is 1.12 bits per heavy atom. The van der Waals surface area contributed by atoms with Gasteiger partial charge in [-0.25, -0.2) is 9.97 Å². The van der Waals surface area contributed by atoms with Crippen molar-refractivity contribution < 1.29 is 5.06 Å². The van der Waals surface area contributed by atoms with E-state index in [9.17, 15) is 5.21 Å². The Kier molecular flexibility index (Phi) is 3.66. The monoisotopic (exact) mass is 315 g/mol. The molecule has 0 bridgehead atoms. The molecule has 0 atom stereocenters. The van der Waals surface area contributed by atoms with Gasteiger partial charge in [0.1, 0.15) is 0 Å². The van der Waals surface area contributed by atoms with Crippen LogP contribution in [0.5, 0.6) is 0 Å². The average molecular weight is 315 g/mol. The maximum Gasteiger partial charge on any atom is 0.242 e. The summed E-state index contributed by atoms with van der Waals surface area (Å²) in [5, 5.41) is 12.6. The SMILES string of the molecule is [O-][NH+]1/C(=N\c2ccccn2)c2ccccc2/C1=N/c1ccccn1. The molecule has 0 aliphatic carbocycles. The number of quaternary nitrogens is 1. The summed E-state index contributed by atoms with van der Waals surface area (Å²) in [6, 6.07) is 18.3. The lowest BCUT2D eigenvalue weighted by molar-refractivity contribution is -0.631. The van der Waals surface area contributed by atoms with Gasteiger partial charge in [-0.2, -0.15) is 9.98 Å². The lowest BCUT2D eigenvalue weighted by Gasteiger charge is -2.15. The van der Waals surface area contributed by atoms with Gasteiger partial charge in [0.05, 0.1) is 11.1 Å². The maximum absolute atomic E-state index is 12.9. The van der Waals surface area contributed by atoms with Gasteiger partial charge in [-0.3, -0.25) is 5.06 Å². The second-order valence-corrected chi connectivity index (χ2v) is 5.17. The van der Waals surface area contributed by atoms with Crippen LogP contribution >= 0.6 is 0 Å². The molecule has 116 valence electrons. The predicted molar refractivity (Wildman–Crippen MR) is 91.6 cm³/mol. The molecule has 6 nitrogen and oxygen atoms in total. The van der Waals surface area contributed by atoms with Crippen molar-refractivity contribution in [1.82, 2.24) is 9.97 Å². The normalized spacial score (nSPS) is 19.6. The minimum atomic E-state index is -0.215. The van der Waals surface area contributed by atoms with Gasteiger partial charge in [-0.1, -0.05) is 24.3 Å². The third-order valence-corrected chi connectivity index (χ3v) is 3.62. The van der Waals surface area contributed by atoms with E-state index < -0.39 is 0 Å². The fraction of sp³-hybridized carbons (Fsp3) is 0. The van der Waals surface area contributed by atoms with Crippen LogP contribution in [0.15, 0.2) is 83.0 Å². The second-order valence-electron chi connectivity index (χ2n) is 5.17. The van der Waals surface area contributed by atoms with Crippen LogP contribution in [0.3, 0.4) is 0 Å². The zero-order valence-electron chi connectivity index (χ0n) is 12.6. The molecule has 0 saturated carbocycles. The molecular weight excluding hydrogens is 302 g/mol. The third kappa shape index (κ3) is 2.60. The smallest absolute Gasteiger partial charge is 0.242 e. The molecule has 3 heterocycles. The van der Waals surface area contributed by atoms with E-state index >= 15 is 0 Å². The van der Waals surface area contributed by atoms with Crippen LogP contribution in [-0.2, 0) is 0 Å². The van der Waals surface area contributed by atoms with E-state index in [1.54, 1.807) is 24.5 Å². The van der Waals surface area contributed by atoms with Gasteiger partial charge in [0.15, 0.2) is 11.6 Å². The van der Waals surface area contributed by atoms with E-state index in [-0.39, 0.29) is 5.06 Å². The number of hydrogen-bond acceptors (Lipinski definition) is 5. The summed E-state index contributed by atoms with van der Waals surface area (Å²) in [4.78, 5) is 17.2. The molecule has 1 aliphatic rings. The van der Waals surface area contributed by atoms with E-state index in [0.717, 1.165) is 11.1 Å². The van der Waals surface area contributed by atoms with Crippen LogP contribution in [0.25, 0.3) is 0 Å². The van der Waals surface area contributed by atoms with Crippen molar-refractivity contribution in [3.8, 4) is 0 Å². The van der Waals surface area contributed by atoms with Gasteiger partial charge in [-0.15, -0.1) is 0 Å². The average Bonchev–Trinajstić information content (AvgIpc) is 2.90. The molecule has 2 aromatic heterocycles. The molecule has 6 heteroatoms. The fourth-order valence-corrected chi connectivity index (χ4v) is 2.54. The predicted octanol–water partition coefficient (Wildman–Crippen LogP) is 2.03. The van der Waals surface area contributed by atoms with E-state index in [1.807, 2.05) is 48.5 Å². The summed E-state index contributed by atoms with van der Waals surface area (Å²) in [6.45, 7) is 0. The number of benzene rings is 1. The molecule has 0 saturated heterocycles. The minimum absolute atomic E-state index is 0.215. The van der Waals surface area contributed by atoms with E-state index in [4.69, 9.17) is 0 Å². The summed E-state index contributed by atoms with van der Waals surface area (Å²) >= 11 is 0. The van der Waals surface area contributed by atoms with Gasteiger partial charge < -0.3 is 5.21 Å². The Hall–Kier alpha value is -3.22. The Morgan fingerprint density at radius 1 is 0.667 bits per heavy atom. The first-order valence-corrected chi connectivity index (χ1v) is 7.47. The first kappa shape index (κ1) is 14.4. The summed E-state index contributed by atoms with van der Waals surface area (Å²) in [7, 11) is 0. The second kappa shape index (κ2) is 6.11. The number of nitrogens with one attached hydrogen (secondary N) is 1. The molecule has 1 N–H and O–H groups in total. The van der Waals surface area contributed by atoms with Crippen LogP contribution in [0.4, 0.5) is 11.6 Å². The van der Waals surface area contributed by atoms with Gasteiger partial charge in [0.2, 0.25) is 11.7 Å². The number of hydroxylamine groups is 2. The first-order chi connectivity index (χ1) is 11.8. The lowest BCUT2D eigenvalue weighted by Crippen LogP contribution is -3.10. The number of aliphatic imine (C=N–C) groups is 2. The molecule has 0 radical (unpaired) electrons. The summed E-state index contributed by atoms with van der Waals surface area (Å²) in [5.74, 6) is 1.71. The van der Waals surface area contributed by atoms with Crippen LogP contribution in [0.1, 0.15) is 11.1 Å². The van der Waals surface area contributed by atoms with Crippen molar-refractivity contribution in [3.05, 3.63) is 89.4 Å². The Morgan fingerprint density at radius 3 is 1.54 bits per heavy atom. The van der Waals surface area contributed by atoms with Crippen LogP contribution < -0.4 is 5.06 Å². The van der Waals surface area contributed by atoms with Gasteiger partial charge in [0, 0.05) is 12.4 Å². The fourth-order valence-electron chi connectivity index (χ4n) is 2.54. The molecule has 3 aromatic rings. The van der Waals surface area contributed by atoms with Gasteiger partial charge in [0.25, 0.3) is 0 Å². The zero-order chi connectivity index (χ0) is 16.4. The van der Waals surface area contributed by atoms with Gasteiger partial charge in [-0.05, 0) is 36.4 Å². The number of hydrogen-bond donors (Lipinski definition) is 1. The Labute approximate surface area is 138 Å². The number of fused-ring (bicyclic) bond motifs is 1. The lowest BCUT2D eigenvalue weighted by atomic mass is 10.1. The Balaban J connectivity index is 1.85. The highest BCUT2D eigenvalue weighted by molar-refractivity contribution is 6.16. The molecule has 1 aromatic carbocycles. The van der Waals surface area contributed by atoms with Crippen LogP contribution in [-0.4, -0.2) is 21.6 Å². The summed E-state index contributed by atoms with van der Waals surface area (Å²) < 4.78 is 0. The number of amidine groups is 2. The van der Waals surface area contributed by atoms with E-state index in [2.05, 4.69) is 20.0 Å². The highest BCUT2D eigenvalue weighted by Gasteiger charge is 2.33. The summed E-state index contributed by atoms with van der Waals surface area (Å²) in [6.07, 6.45) is 3.29. The maximum atomic E-state index is 12.9. The standard InChI is InChI=1S/C18H13N5O/c24-23-17(21-15-9-3-5-11-19-15)13-7-1-2-8-14(13)18(23)22-16-10-4-6-12-20-16/h1-12,23H/b21-17-,22-18-. The molecule has 0 spiro atoms. The molecule has 0 fully saturated rings. The molecule has 0 unspecified atom stereocenters. The first-order valence-electron chi connectivity index (χ1n) is 7.47. The van der Waals surface area contributed by atoms with Crippen LogP contribution in [0, 0.1) is 5.21 Å². The molecule has 0 amide bonds. The molecule has 24 heavy (non-hydrogen) atoms. The van der Waals surface area contributed by atoms with Crippen molar-refractivity contribution >= 4 is 23.3 Å². The topological polar surface area (TPSA) is 78.0 Å². The number of pyridine rings is 2. The highest BCUT2D eigenvalue weighted by atomic mass is 16.5. The number of nitrogens with zero attached hydrogens (tertiary/aromatic N) is 4. The third-order valence-electron chi connectivity index (χ3n) is 3.62. The van der Waals surface area contributed by atoms with Crippen molar-refractivity contribution in [3.63, 3.8) is 0 Å². The molecular formula is C18H13N5O. The van der Waals surface area contributed by atoms with Gasteiger partial charge >= 0.3 is 0 Å². The van der Waals surface area contributed by atoms with E-state index in [0.29, 0.717) is 23.3 Å². The number of aromatic nitrogens is 2. The minimum Gasteiger partial charge on any atom is -0.621 e. The summed E-state index contributed by atoms with van der Waals surface area (Å²) in [5.41, 5.74) is 1.53. The van der Waals surface area contributed by atoms with Crippen molar-refractivity contribution in [2.75, 3.05) is 0 Å². The zero-order valence-corrected chi connectivity index (χ0v) is 12.6. The Bertz CT molecular complexity index is 846. The quantitative estimate of drug-likeness (QED) is 0.735. The van der Waals surface area contributed by atoms with E-state index in [1.165, 1.54) is 0 Å². The molecule has 4 rings (SSSR count). The number of rotatable bonds is 2. The largest absolute Gasteiger partial charge is 0.621 e. The van der Waals surface area contributed by atoms with Crippen molar-refractivity contribution in [2.45, 2.75) is 0 Å². The van der Waals surface area contributed by atoms with Crippen molar-refractivity contribution in [2.24, 2.45) is 9.98 Å². The highest BCUT2D eigenvalue weighted by Crippen LogP contribution is 2.18. The van der Waals surface area contributed by atoms with Crippen LogP contribution in [0.2, 0.25) is 0 Å². The van der Waals surface area contributed by atoms with Crippen molar-refractivity contribution in [1.29, 1.82) is 0 Å².